The SMILES string of the molecule is CCN(C(=O)COC(=O)c1cc(C)n(-c2ccccc2)c1C)[C@H]1CCS(=O)(=O)C1. The first kappa shape index (κ1) is 21.1. The molecule has 1 amide bonds. The molecule has 1 aliphatic rings. The normalized spacial score (nSPS) is 17.8. The molecule has 156 valence electrons. The van der Waals surface area contributed by atoms with Crippen molar-refractivity contribution in [2.75, 3.05) is 24.7 Å². The molecule has 3 rings (SSSR count). The molecule has 0 radical (unpaired) electrons. The van der Waals surface area contributed by atoms with Crippen LogP contribution in [-0.4, -0.2) is 60.5 Å². The average Bonchev–Trinajstić information content (AvgIpc) is 3.19. The van der Waals surface area contributed by atoms with Gasteiger partial charge in [0.05, 0.1) is 17.1 Å². The van der Waals surface area contributed by atoms with Crippen LogP contribution in [0, 0.1) is 13.8 Å². The number of amides is 1. The number of carbonyl (C=O) groups excluding carboxylic acids is 2. The van der Waals surface area contributed by atoms with E-state index in [4.69, 9.17) is 4.74 Å². The number of hydrogen-bond acceptors (Lipinski definition) is 5. The molecule has 1 aromatic heterocycles. The lowest BCUT2D eigenvalue weighted by atomic mass is 10.2. The van der Waals surface area contributed by atoms with Crippen LogP contribution in [0.5, 0.6) is 0 Å². The van der Waals surface area contributed by atoms with Gasteiger partial charge in [0.2, 0.25) is 0 Å². The fraction of sp³-hybridized carbons (Fsp3) is 0.429. The monoisotopic (exact) mass is 418 g/mol. The molecule has 0 N–H and O–H groups in total. The molecule has 1 saturated heterocycles. The summed E-state index contributed by atoms with van der Waals surface area (Å²) in [5, 5.41) is 0. The third-order valence-electron chi connectivity index (χ3n) is 5.30. The van der Waals surface area contributed by atoms with E-state index in [9.17, 15) is 18.0 Å². The number of rotatable bonds is 6. The van der Waals surface area contributed by atoms with E-state index in [-0.39, 0.29) is 23.5 Å². The van der Waals surface area contributed by atoms with Crippen LogP contribution in [0.3, 0.4) is 0 Å². The van der Waals surface area contributed by atoms with Crippen molar-refractivity contribution >= 4 is 21.7 Å². The van der Waals surface area contributed by atoms with Crippen molar-refractivity contribution in [1.82, 2.24) is 9.47 Å². The van der Waals surface area contributed by atoms with Gasteiger partial charge in [0.15, 0.2) is 16.4 Å². The number of esters is 1. The summed E-state index contributed by atoms with van der Waals surface area (Å²) < 4.78 is 30.6. The number of nitrogens with zero attached hydrogens (tertiary/aromatic N) is 2. The summed E-state index contributed by atoms with van der Waals surface area (Å²) in [7, 11) is -3.10. The number of benzene rings is 1. The third-order valence-corrected chi connectivity index (χ3v) is 7.05. The molecule has 0 bridgehead atoms. The molecule has 0 saturated carbocycles. The van der Waals surface area contributed by atoms with E-state index < -0.39 is 22.4 Å². The Hall–Kier alpha value is -2.61. The smallest absolute Gasteiger partial charge is 0.340 e. The van der Waals surface area contributed by atoms with Crippen LogP contribution < -0.4 is 0 Å². The number of para-hydroxylation sites is 1. The number of aromatic nitrogens is 1. The molecule has 29 heavy (non-hydrogen) atoms. The van der Waals surface area contributed by atoms with Gasteiger partial charge >= 0.3 is 5.97 Å². The number of ether oxygens (including phenoxy) is 1. The maximum absolute atomic E-state index is 12.6. The second kappa shape index (κ2) is 8.41. The Labute approximate surface area is 171 Å². The van der Waals surface area contributed by atoms with E-state index >= 15 is 0 Å². The first-order valence-corrected chi connectivity index (χ1v) is 11.5. The molecular weight excluding hydrogens is 392 g/mol. The summed E-state index contributed by atoms with van der Waals surface area (Å²) in [5.41, 5.74) is 2.97. The minimum Gasteiger partial charge on any atom is -0.452 e. The highest BCUT2D eigenvalue weighted by Crippen LogP contribution is 2.22. The topological polar surface area (TPSA) is 85.7 Å². The minimum atomic E-state index is -3.10. The highest BCUT2D eigenvalue weighted by atomic mass is 32.2. The first-order chi connectivity index (χ1) is 13.7. The summed E-state index contributed by atoms with van der Waals surface area (Å²) in [5.74, 6) is -0.880. The van der Waals surface area contributed by atoms with Crippen LogP contribution in [0.15, 0.2) is 36.4 Å². The standard InChI is InChI=1S/C21H26N2O5S/c1-4-22(18-10-11-29(26,27)14-18)20(24)13-28-21(25)19-12-15(2)23(16(19)3)17-8-6-5-7-9-17/h5-9,12,18H,4,10-11,13-14H2,1-3H3/t18-/m0/s1. The van der Waals surface area contributed by atoms with Gasteiger partial charge in [-0.1, -0.05) is 18.2 Å². The Morgan fingerprint density at radius 3 is 2.48 bits per heavy atom. The predicted molar refractivity (Wildman–Crippen MR) is 110 cm³/mol. The predicted octanol–water partition coefficient (Wildman–Crippen LogP) is 2.29. The van der Waals surface area contributed by atoms with Crippen LogP contribution in [0.2, 0.25) is 0 Å². The van der Waals surface area contributed by atoms with Crippen LogP contribution in [0.4, 0.5) is 0 Å². The summed E-state index contributed by atoms with van der Waals surface area (Å²) in [6.07, 6.45) is 0.425. The number of hydrogen-bond donors (Lipinski definition) is 0. The molecule has 2 aromatic rings. The molecule has 1 aliphatic heterocycles. The Kier molecular flexibility index (Phi) is 6.12. The summed E-state index contributed by atoms with van der Waals surface area (Å²) in [6, 6.07) is 11.1. The molecule has 0 aliphatic carbocycles. The van der Waals surface area contributed by atoms with Crippen molar-refractivity contribution in [1.29, 1.82) is 0 Å². The van der Waals surface area contributed by atoms with Gasteiger partial charge in [-0.05, 0) is 45.4 Å². The van der Waals surface area contributed by atoms with Gasteiger partial charge in [0.1, 0.15) is 0 Å². The zero-order chi connectivity index (χ0) is 21.2. The van der Waals surface area contributed by atoms with Crippen molar-refractivity contribution in [2.24, 2.45) is 0 Å². The minimum absolute atomic E-state index is 0.0290. The van der Waals surface area contributed by atoms with Gasteiger partial charge in [-0.15, -0.1) is 0 Å². The van der Waals surface area contributed by atoms with E-state index in [1.807, 2.05) is 48.7 Å². The number of carbonyl (C=O) groups is 2. The second-order valence-corrected chi connectivity index (χ2v) is 9.50. The first-order valence-electron chi connectivity index (χ1n) is 9.65. The molecule has 1 atom stereocenters. The summed E-state index contributed by atoms with van der Waals surface area (Å²) >= 11 is 0. The number of aryl methyl sites for hydroxylation is 1. The Morgan fingerprint density at radius 2 is 1.90 bits per heavy atom. The fourth-order valence-corrected chi connectivity index (χ4v) is 5.62. The van der Waals surface area contributed by atoms with Crippen LogP contribution >= 0.6 is 0 Å². The van der Waals surface area contributed by atoms with Gasteiger partial charge in [0.25, 0.3) is 5.91 Å². The molecule has 0 unspecified atom stereocenters. The maximum Gasteiger partial charge on any atom is 0.340 e. The lowest BCUT2D eigenvalue weighted by Gasteiger charge is -2.26. The Morgan fingerprint density at radius 1 is 1.21 bits per heavy atom. The zero-order valence-corrected chi connectivity index (χ0v) is 17.7. The molecule has 1 aromatic carbocycles. The van der Waals surface area contributed by atoms with Crippen molar-refractivity contribution in [3.63, 3.8) is 0 Å². The molecule has 2 heterocycles. The molecule has 8 heteroatoms. The fourth-order valence-electron chi connectivity index (χ4n) is 3.89. The largest absolute Gasteiger partial charge is 0.452 e. The van der Waals surface area contributed by atoms with Gasteiger partial charge in [0, 0.05) is 29.7 Å². The van der Waals surface area contributed by atoms with Crippen molar-refractivity contribution in [3.8, 4) is 5.69 Å². The van der Waals surface area contributed by atoms with E-state index in [1.165, 1.54) is 4.90 Å². The van der Waals surface area contributed by atoms with Crippen molar-refractivity contribution in [3.05, 3.63) is 53.3 Å². The molecule has 0 spiro atoms. The highest BCUT2D eigenvalue weighted by Gasteiger charge is 2.34. The van der Waals surface area contributed by atoms with E-state index in [2.05, 4.69) is 0 Å². The lowest BCUT2D eigenvalue weighted by molar-refractivity contribution is -0.136. The second-order valence-electron chi connectivity index (χ2n) is 7.27. The van der Waals surface area contributed by atoms with Gasteiger partial charge in [-0.2, -0.15) is 0 Å². The third kappa shape index (κ3) is 4.53. The van der Waals surface area contributed by atoms with Crippen molar-refractivity contribution < 1.29 is 22.7 Å². The zero-order valence-electron chi connectivity index (χ0n) is 16.9. The lowest BCUT2D eigenvalue weighted by Crippen LogP contribution is -2.43. The molecule has 7 nitrogen and oxygen atoms in total. The number of likely N-dealkylation sites (N-methyl/N-ethyl adjacent to an activating group) is 1. The van der Waals surface area contributed by atoms with Crippen LogP contribution in [0.25, 0.3) is 5.69 Å². The Balaban J connectivity index is 1.69. The maximum atomic E-state index is 12.6. The van der Waals surface area contributed by atoms with Gasteiger partial charge in [-0.25, -0.2) is 13.2 Å². The van der Waals surface area contributed by atoms with Crippen LogP contribution in [-0.2, 0) is 19.4 Å². The van der Waals surface area contributed by atoms with Gasteiger partial charge in [-0.3, -0.25) is 4.79 Å². The van der Waals surface area contributed by atoms with Gasteiger partial charge < -0.3 is 14.2 Å². The quantitative estimate of drug-likeness (QED) is 0.672. The molecular formula is C21H26N2O5S. The average molecular weight is 419 g/mol. The Bertz CT molecular complexity index is 1010. The van der Waals surface area contributed by atoms with E-state index in [0.29, 0.717) is 18.5 Å². The summed E-state index contributed by atoms with van der Waals surface area (Å²) in [6.45, 7) is 5.50. The van der Waals surface area contributed by atoms with E-state index in [1.54, 1.807) is 13.0 Å². The van der Waals surface area contributed by atoms with E-state index in [0.717, 1.165) is 17.1 Å². The highest BCUT2D eigenvalue weighted by molar-refractivity contribution is 7.91. The van der Waals surface area contributed by atoms with Crippen LogP contribution in [0.1, 0.15) is 35.1 Å². The number of sulfone groups is 1. The van der Waals surface area contributed by atoms with Crippen molar-refractivity contribution in [2.45, 2.75) is 33.2 Å². The molecule has 1 fully saturated rings. The summed E-state index contributed by atoms with van der Waals surface area (Å²) in [4.78, 5) is 26.6.